The first-order chi connectivity index (χ1) is 16.0. The molecule has 2 aromatic heterocycles. The molecule has 0 spiro atoms. The maximum atomic E-state index is 13.1. The van der Waals surface area contributed by atoms with E-state index in [2.05, 4.69) is 53.3 Å². The first-order valence-corrected chi connectivity index (χ1v) is 13.0. The number of amides is 1. The van der Waals surface area contributed by atoms with Gasteiger partial charge in [-0.05, 0) is 44.1 Å². The van der Waals surface area contributed by atoms with E-state index in [4.69, 9.17) is 4.98 Å². The highest BCUT2D eigenvalue weighted by Crippen LogP contribution is 2.32. The molecular weight excluding hydrogens is 432 g/mol. The monoisotopic (exact) mass is 464 g/mol. The predicted molar refractivity (Wildman–Crippen MR) is 135 cm³/mol. The van der Waals surface area contributed by atoms with Crippen molar-refractivity contribution in [3.8, 4) is 11.1 Å². The number of carbonyl (C=O) groups excluding carboxylic acids is 1. The second kappa shape index (κ2) is 9.29. The smallest absolute Gasteiger partial charge is 0.270 e. The molecule has 7 heteroatoms. The number of aryl methyl sites for hydroxylation is 1. The zero-order valence-electron chi connectivity index (χ0n) is 19.4. The van der Waals surface area contributed by atoms with Crippen molar-refractivity contribution in [3.05, 3.63) is 45.6 Å². The van der Waals surface area contributed by atoms with E-state index in [9.17, 15) is 9.59 Å². The lowest BCUT2D eigenvalue weighted by Gasteiger charge is -2.35. The van der Waals surface area contributed by atoms with Crippen LogP contribution < -0.4 is 15.8 Å². The fourth-order valence-electron chi connectivity index (χ4n) is 5.22. The maximum absolute atomic E-state index is 13.1. The minimum atomic E-state index is -0.110. The molecule has 3 aromatic rings. The number of fused-ring (bicyclic) bond motifs is 1. The minimum Gasteiger partial charge on any atom is -0.353 e. The van der Waals surface area contributed by atoms with Crippen LogP contribution in [0, 0.1) is 18.8 Å². The summed E-state index contributed by atoms with van der Waals surface area (Å²) in [4.78, 5) is 35.9. The number of carbonyl (C=O) groups is 1. The van der Waals surface area contributed by atoms with E-state index in [0.717, 1.165) is 42.5 Å². The molecule has 1 aliphatic carbocycles. The zero-order valence-corrected chi connectivity index (χ0v) is 20.2. The van der Waals surface area contributed by atoms with Gasteiger partial charge in [0.2, 0.25) is 11.9 Å². The number of nitrogens with zero attached hydrogens (tertiary/aromatic N) is 2. The molecule has 1 amide bonds. The average molecular weight is 465 g/mol. The second-order valence-electron chi connectivity index (χ2n) is 9.74. The third kappa shape index (κ3) is 4.56. The predicted octanol–water partition coefficient (Wildman–Crippen LogP) is 4.87. The molecule has 1 aromatic carbocycles. The van der Waals surface area contributed by atoms with Crippen LogP contribution in [-0.2, 0) is 4.79 Å². The summed E-state index contributed by atoms with van der Waals surface area (Å²) in [6.07, 6.45) is 6.52. The molecule has 0 bridgehead atoms. The van der Waals surface area contributed by atoms with E-state index in [-0.39, 0.29) is 17.4 Å². The number of anilines is 1. The molecule has 0 unspecified atom stereocenters. The Bertz CT molecular complexity index is 1200. The van der Waals surface area contributed by atoms with Crippen molar-refractivity contribution in [1.82, 2.24) is 15.3 Å². The van der Waals surface area contributed by atoms with Gasteiger partial charge in [-0.25, -0.2) is 4.98 Å². The first-order valence-electron chi connectivity index (χ1n) is 12.1. The summed E-state index contributed by atoms with van der Waals surface area (Å²) >= 11 is 1.43. The van der Waals surface area contributed by atoms with Gasteiger partial charge in [-0.1, -0.05) is 49.6 Å². The number of benzene rings is 1. The number of hydrogen-bond donors (Lipinski definition) is 2. The molecule has 1 saturated carbocycles. The molecule has 2 N–H and O–H groups in total. The third-order valence-electron chi connectivity index (χ3n) is 7.31. The van der Waals surface area contributed by atoms with Crippen LogP contribution in [-0.4, -0.2) is 35.0 Å². The van der Waals surface area contributed by atoms with Crippen molar-refractivity contribution in [1.29, 1.82) is 0 Å². The van der Waals surface area contributed by atoms with Crippen molar-refractivity contribution < 1.29 is 4.79 Å². The largest absolute Gasteiger partial charge is 0.353 e. The van der Waals surface area contributed by atoms with E-state index in [1.807, 2.05) is 5.38 Å². The highest BCUT2D eigenvalue weighted by atomic mass is 32.1. The Labute approximate surface area is 198 Å². The Morgan fingerprint density at radius 3 is 2.73 bits per heavy atom. The third-order valence-corrected chi connectivity index (χ3v) is 8.28. The maximum Gasteiger partial charge on any atom is 0.270 e. The number of aromatic amines is 1. The van der Waals surface area contributed by atoms with Crippen LogP contribution in [0.4, 0.5) is 5.95 Å². The highest BCUT2D eigenvalue weighted by Gasteiger charge is 2.30. The van der Waals surface area contributed by atoms with E-state index in [0.29, 0.717) is 29.2 Å². The molecule has 33 heavy (non-hydrogen) atoms. The summed E-state index contributed by atoms with van der Waals surface area (Å²) in [6.45, 7) is 5.69. The van der Waals surface area contributed by atoms with Crippen LogP contribution in [0.2, 0.25) is 0 Å². The Hall–Kier alpha value is -2.67. The van der Waals surface area contributed by atoms with Gasteiger partial charge in [-0.3, -0.25) is 14.6 Å². The minimum absolute atomic E-state index is 0.0760. The van der Waals surface area contributed by atoms with E-state index >= 15 is 0 Å². The van der Waals surface area contributed by atoms with Crippen molar-refractivity contribution in [3.63, 3.8) is 0 Å². The number of hydrogen-bond acceptors (Lipinski definition) is 5. The number of thiophene rings is 1. The molecule has 174 valence electrons. The summed E-state index contributed by atoms with van der Waals surface area (Å²) in [5.41, 5.74) is 3.88. The quantitative estimate of drug-likeness (QED) is 0.577. The number of rotatable bonds is 4. The number of aromatic nitrogens is 2. The molecular formula is C26H32N4O2S. The van der Waals surface area contributed by atoms with Gasteiger partial charge < -0.3 is 10.2 Å². The van der Waals surface area contributed by atoms with Crippen LogP contribution in [0.1, 0.15) is 51.0 Å². The van der Waals surface area contributed by atoms with Crippen LogP contribution in [0.15, 0.2) is 34.4 Å². The SMILES string of the molecule is Cc1ccc(-c2csc3c(=O)[nH]c(N4CCC[C@H](C(=O)N[C@@H]5CCCC[C@H]5C)C4)nc23)cc1. The van der Waals surface area contributed by atoms with Gasteiger partial charge in [0.15, 0.2) is 0 Å². The Morgan fingerprint density at radius 2 is 1.94 bits per heavy atom. The fraction of sp³-hybridized carbons (Fsp3) is 0.500. The van der Waals surface area contributed by atoms with Crippen LogP contribution in [0.25, 0.3) is 21.3 Å². The summed E-state index contributed by atoms with van der Waals surface area (Å²) in [5.74, 6) is 1.19. The van der Waals surface area contributed by atoms with Gasteiger partial charge in [-0.15, -0.1) is 11.3 Å². The van der Waals surface area contributed by atoms with Crippen LogP contribution in [0.3, 0.4) is 0 Å². The van der Waals surface area contributed by atoms with Gasteiger partial charge in [0.05, 0.1) is 11.4 Å². The molecule has 1 saturated heterocycles. The normalized spacial score (nSPS) is 23.6. The molecule has 3 atom stereocenters. The molecule has 5 rings (SSSR count). The molecule has 1 aliphatic heterocycles. The fourth-order valence-corrected chi connectivity index (χ4v) is 6.13. The lowest BCUT2D eigenvalue weighted by Crippen LogP contribution is -2.48. The van der Waals surface area contributed by atoms with Crippen molar-refractivity contribution >= 4 is 33.4 Å². The Kier molecular flexibility index (Phi) is 6.23. The van der Waals surface area contributed by atoms with Gasteiger partial charge in [0.25, 0.3) is 5.56 Å². The second-order valence-corrected chi connectivity index (χ2v) is 10.6. The molecule has 2 aliphatic rings. The molecule has 6 nitrogen and oxygen atoms in total. The van der Waals surface area contributed by atoms with Gasteiger partial charge in [-0.2, -0.15) is 0 Å². The standard InChI is InChI=1S/C26H32N4O2S/c1-16-9-11-18(12-10-16)20-15-33-23-22(20)28-26(29-25(23)32)30-13-5-7-19(14-30)24(31)27-21-8-4-3-6-17(21)2/h9-12,15,17,19,21H,3-8,13-14H2,1-2H3,(H,27,31)(H,28,29,32)/t17-,19+,21-/m1/s1. The molecule has 3 heterocycles. The number of piperidine rings is 1. The summed E-state index contributed by atoms with van der Waals surface area (Å²) in [5, 5.41) is 5.34. The molecule has 0 radical (unpaired) electrons. The van der Waals surface area contributed by atoms with Crippen molar-refractivity contribution in [2.45, 2.75) is 58.4 Å². The summed E-state index contributed by atoms with van der Waals surface area (Å²) < 4.78 is 0.645. The van der Waals surface area contributed by atoms with E-state index in [1.54, 1.807) is 0 Å². The molecule has 2 fully saturated rings. The van der Waals surface area contributed by atoms with E-state index < -0.39 is 0 Å². The Balaban J connectivity index is 1.38. The lowest BCUT2D eigenvalue weighted by molar-refractivity contribution is -0.126. The first kappa shape index (κ1) is 22.1. The lowest BCUT2D eigenvalue weighted by atomic mass is 9.85. The van der Waals surface area contributed by atoms with Crippen molar-refractivity contribution in [2.24, 2.45) is 11.8 Å². The highest BCUT2D eigenvalue weighted by molar-refractivity contribution is 7.17. The average Bonchev–Trinajstić information content (AvgIpc) is 3.26. The summed E-state index contributed by atoms with van der Waals surface area (Å²) in [7, 11) is 0. The van der Waals surface area contributed by atoms with Crippen LogP contribution in [0.5, 0.6) is 0 Å². The van der Waals surface area contributed by atoms with Crippen LogP contribution >= 0.6 is 11.3 Å². The number of nitrogens with one attached hydrogen (secondary N) is 2. The zero-order chi connectivity index (χ0) is 22.9. The van der Waals surface area contributed by atoms with Gasteiger partial charge in [0, 0.05) is 30.1 Å². The number of H-pyrrole nitrogens is 1. The summed E-state index contributed by atoms with van der Waals surface area (Å²) in [6, 6.07) is 8.60. The topological polar surface area (TPSA) is 78.1 Å². The Morgan fingerprint density at radius 1 is 1.15 bits per heavy atom. The van der Waals surface area contributed by atoms with Gasteiger partial charge in [0.1, 0.15) is 4.70 Å². The van der Waals surface area contributed by atoms with E-state index in [1.165, 1.54) is 36.2 Å². The van der Waals surface area contributed by atoms with Crippen molar-refractivity contribution in [2.75, 3.05) is 18.0 Å². The van der Waals surface area contributed by atoms with Gasteiger partial charge >= 0.3 is 0 Å².